The fourth-order valence-corrected chi connectivity index (χ4v) is 4.06. The maximum atomic E-state index is 12.4. The van der Waals surface area contributed by atoms with Crippen molar-refractivity contribution >= 4 is 21.6 Å². The lowest BCUT2D eigenvalue weighted by atomic mass is 10.1. The molecule has 0 radical (unpaired) electrons. The van der Waals surface area contributed by atoms with Crippen molar-refractivity contribution in [2.24, 2.45) is 0 Å². The molecule has 130 valence electrons. The van der Waals surface area contributed by atoms with Gasteiger partial charge >= 0.3 is 0 Å². The fourth-order valence-electron chi connectivity index (χ4n) is 2.37. The SMILES string of the molecule is COc1ccc(OC)c(C(C)NS(=O)(=O)Cc2ccccc2Cl)c1. The number of nitrogens with one attached hydrogen (secondary N) is 1. The predicted octanol–water partition coefficient (Wildman–Crippen LogP) is 3.54. The molecule has 0 bridgehead atoms. The Kier molecular flexibility index (Phi) is 6.10. The van der Waals surface area contributed by atoms with Gasteiger partial charge in [0.25, 0.3) is 0 Å². The summed E-state index contributed by atoms with van der Waals surface area (Å²) in [6, 6.07) is 11.6. The fraction of sp³-hybridized carbons (Fsp3) is 0.294. The van der Waals surface area contributed by atoms with Crippen LogP contribution >= 0.6 is 11.6 Å². The van der Waals surface area contributed by atoms with Crippen LogP contribution in [0.3, 0.4) is 0 Å². The summed E-state index contributed by atoms with van der Waals surface area (Å²) < 4.78 is 38.1. The van der Waals surface area contributed by atoms with Crippen LogP contribution in [-0.2, 0) is 15.8 Å². The summed E-state index contributed by atoms with van der Waals surface area (Å²) in [5, 5.41) is 0.425. The second-order valence-electron chi connectivity index (χ2n) is 5.30. The molecule has 7 heteroatoms. The highest BCUT2D eigenvalue weighted by Crippen LogP contribution is 2.30. The zero-order valence-corrected chi connectivity index (χ0v) is 15.3. The molecule has 0 saturated heterocycles. The molecule has 1 N–H and O–H groups in total. The minimum atomic E-state index is -3.58. The van der Waals surface area contributed by atoms with Crippen molar-refractivity contribution in [1.82, 2.24) is 4.72 Å². The van der Waals surface area contributed by atoms with Gasteiger partial charge in [0, 0.05) is 16.6 Å². The summed E-state index contributed by atoms with van der Waals surface area (Å²) in [4.78, 5) is 0. The van der Waals surface area contributed by atoms with Crippen molar-refractivity contribution in [3.63, 3.8) is 0 Å². The lowest BCUT2D eigenvalue weighted by molar-refractivity contribution is 0.395. The van der Waals surface area contributed by atoms with Gasteiger partial charge in [0.2, 0.25) is 10.0 Å². The Hall–Kier alpha value is -1.76. The first-order valence-corrected chi connectivity index (χ1v) is 9.34. The molecule has 2 aromatic carbocycles. The van der Waals surface area contributed by atoms with E-state index in [2.05, 4.69) is 4.72 Å². The number of rotatable bonds is 7. The van der Waals surface area contributed by atoms with E-state index in [1.807, 2.05) is 0 Å². The number of hydrogen-bond donors (Lipinski definition) is 1. The first kappa shape index (κ1) is 18.6. The van der Waals surface area contributed by atoms with E-state index >= 15 is 0 Å². The van der Waals surface area contributed by atoms with Crippen molar-refractivity contribution in [2.45, 2.75) is 18.7 Å². The number of methoxy groups -OCH3 is 2. The number of sulfonamides is 1. The number of ether oxygens (including phenoxy) is 2. The van der Waals surface area contributed by atoms with Gasteiger partial charge in [0.05, 0.1) is 20.0 Å². The normalized spacial score (nSPS) is 12.7. The number of hydrogen-bond acceptors (Lipinski definition) is 4. The molecule has 2 rings (SSSR count). The number of benzene rings is 2. The Morgan fingerprint density at radius 3 is 2.46 bits per heavy atom. The molecule has 1 unspecified atom stereocenters. The van der Waals surface area contributed by atoms with E-state index in [9.17, 15) is 8.42 Å². The average molecular weight is 370 g/mol. The monoisotopic (exact) mass is 369 g/mol. The van der Waals surface area contributed by atoms with Crippen LogP contribution in [0.2, 0.25) is 5.02 Å². The van der Waals surface area contributed by atoms with Crippen molar-refractivity contribution < 1.29 is 17.9 Å². The van der Waals surface area contributed by atoms with E-state index in [0.717, 1.165) is 0 Å². The van der Waals surface area contributed by atoms with Crippen LogP contribution in [0.4, 0.5) is 0 Å². The third-order valence-electron chi connectivity index (χ3n) is 3.56. The van der Waals surface area contributed by atoms with E-state index in [0.29, 0.717) is 27.6 Å². The average Bonchev–Trinajstić information content (AvgIpc) is 2.55. The van der Waals surface area contributed by atoms with Crippen molar-refractivity contribution in [2.75, 3.05) is 14.2 Å². The van der Waals surface area contributed by atoms with Crippen LogP contribution < -0.4 is 14.2 Å². The quantitative estimate of drug-likeness (QED) is 0.810. The highest BCUT2D eigenvalue weighted by atomic mass is 35.5. The third kappa shape index (κ3) is 4.63. The molecule has 0 fully saturated rings. The minimum absolute atomic E-state index is 0.191. The molecule has 0 aliphatic rings. The van der Waals surface area contributed by atoms with Crippen LogP contribution in [0.1, 0.15) is 24.1 Å². The Balaban J connectivity index is 2.22. The maximum absolute atomic E-state index is 12.4. The minimum Gasteiger partial charge on any atom is -0.497 e. The van der Waals surface area contributed by atoms with E-state index in [4.69, 9.17) is 21.1 Å². The molecule has 24 heavy (non-hydrogen) atoms. The van der Waals surface area contributed by atoms with Crippen LogP contribution in [0.25, 0.3) is 0 Å². The van der Waals surface area contributed by atoms with Gasteiger partial charge in [-0.05, 0) is 36.8 Å². The van der Waals surface area contributed by atoms with Crippen molar-refractivity contribution in [1.29, 1.82) is 0 Å². The Labute approximate surface area is 147 Å². The first-order valence-electron chi connectivity index (χ1n) is 7.31. The molecule has 0 heterocycles. The zero-order valence-electron chi connectivity index (χ0n) is 13.7. The summed E-state index contributed by atoms with van der Waals surface area (Å²) in [6.07, 6.45) is 0. The lowest BCUT2D eigenvalue weighted by Gasteiger charge is -2.18. The van der Waals surface area contributed by atoms with Crippen LogP contribution in [-0.4, -0.2) is 22.6 Å². The molecular formula is C17H20ClNO4S. The van der Waals surface area contributed by atoms with Crippen LogP contribution in [0, 0.1) is 0 Å². The molecule has 0 amide bonds. The molecule has 0 aromatic heterocycles. The van der Waals surface area contributed by atoms with Gasteiger partial charge in [-0.15, -0.1) is 0 Å². The van der Waals surface area contributed by atoms with Crippen LogP contribution in [0.15, 0.2) is 42.5 Å². The van der Waals surface area contributed by atoms with Gasteiger partial charge in [-0.2, -0.15) is 0 Å². The molecular weight excluding hydrogens is 350 g/mol. The summed E-state index contributed by atoms with van der Waals surface area (Å²) in [5.41, 5.74) is 1.25. The topological polar surface area (TPSA) is 64.6 Å². The Bertz CT molecular complexity index is 808. The zero-order chi connectivity index (χ0) is 17.7. The molecule has 0 aliphatic heterocycles. The maximum Gasteiger partial charge on any atom is 0.216 e. The summed E-state index contributed by atoms with van der Waals surface area (Å²) >= 11 is 6.04. The van der Waals surface area contributed by atoms with Gasteiger partial charge in [-0.25, -0.2) is 13.1 Å². The Morgan fingerprint density at radius 1 is 1.12 bits per heavy atom. The lowest BCUT2D eigenvalue weighted by Crippen LogP contribution is -2.28. The van der Waals surface area contributed by atoms with E-state index in [1.54, 1.807) is 56.5 Å². The Morgan fingerprint density at radius 2 is 1.83 bits per heavy atom. The van der Waals surface area contributed by atoms with Gasteiger partial charge in [0.1, 0.15) is 11.5 Å². The van der Waals surface area contributed by atoms with Gasteiger partial charge in [-0.1, -0.05) is 29.8 Å². The van der Waals surface area contributed by atoms with Crippen molar-refractivity contribution in [3.05, 3.63) is 58.6 Å². The molecule has 1 atom stereocenters. The molecule has 0 spiro atoms. The summed E-state index contributed by atoms with van der Waals surface area (Å²) in [6.45, 7) is 1.75. The highest BCUT2D eigenvalue weighted by Gasteiger charge is 2.20. The second kappa shape index (κ2) is 7.88. The second-order valence-corrected chi connectivity index (χ2v) is 7.46. The van der Waals surface area contributed by atoms with Gasteiger partial charge in [-0.3, -0.25) is 0 Å². The first-order chi connectivity index (χ1) is 11.4. The van der Waals surface area contributed by atoms with E-state index in [1.165, 1.54) is 7.11 Å². The van der Waals surface area contributed by atoms with E-state index in [-0.39, 0.29) is 5.75 Å². The number of halogens is 1. The van der Waals surface area contributed by atoms with Crippen molar-refractivity contribution in [3.8, 4) is 11.5 Å². The predicted molar refractivity (Wildman–Crippen MR) is 95.2 cm³/mol. The summed E-state index contributed by atoms with van der Waals surface area (Å²) in [5.74, 6) is 1.02. The molecule has 0 aliphatic carbocycles. The molecule has 5 nitrogen and oxygen atoms in total. The largest absolute Gasteiger partial charge is 0.497 e. The summed E-state index contributed by atoms with van der Waals surface area (Å²) in [7, 11) is -0.489. The van der Waals surface area contributed by atoms with E-state index < -0.39 is 16.1 Å². The van der Waals surface area contributed by atoms with Gasteiger partial charge < -0.3 is 9.47 Å². The van der Waals surface area contributed by atoms with Gasteiger partial charge in [0.15, 0.2) is 0 Å². The smallest absolute Gasteiger partial charge is 0.216 e. The third-order valence-corrected chi connectivity index (χ3v) is 5.34. The standard InChI is InChI=1S/C17H20ClNO4S/c1-12(15-10-14(22-2)8-9-17(15)23-3)19-24(20,21)11-13-6-4-5-7-16(13)18/h4-10,12,19H,11H2,1-3H3. The van der Waals surface area contributed by atoms with Crippen LogP contribution in [0.5, 0.6) is 11.5 Å². The molecule has 0 saturated carbocycles. The highest BCUT2D eigenvalue weighted by molar-refractivity contribution is 7.88. The molecule has 2 aromatic rings.